The van der Waals surface area contributed by atoms with Crippen LogP contribution in [0.25, 0.3) is 16.8 Å². The van der Waals surface area contributed by atoms with Crippen molar-refractivity contribution in [1.82, 2.24) is 19.5 Å². The van der Waals surface area contributed by atoms with Crippen LogP contribution in [0.2, 0.25) is 0 Å². The summed E-state index contributed by atoms with van der Waals surface area (Å²) in [6, 6.07) is 8.07. The van der Waals surface area contributed by atoms with Crippen LogP contribution in [0.15, 0.2) is 36.7 Å². The van der Waals surface area contributed by atoms with E-state index in [4.69, 9.17) is 9.72 Å². The van der Waals surface area contributed by atoms with E-state index >= 15 is 0 Å². The highest BCUT2D eigenvalue weighted by Crippen LogP contribution is 2.31. The van der Waals surface area contributed by atoms with E-state index in [1.165, 1.54) is 0 Å². The molecule has 7 heteroatoms. The van der Waals surface area contributed by atoms with Gasteiger partial charge in [0.25, 0.3) is 0 Å². The summed E-state index contributed by atoms with van der Waals surface area (Å²) in [7, 11) is 0. The smallest absolute Gasteiger partial charge is 0.165 e. The molecule has 2 atom stereocenters. The van der Waals surface area contributed by atoms with Crippen LogP contribution in [0.5, 0.6) is 5.75 Å². The molecule has 0 amide bonds. The first-order valence-corrected chi connectivity index (χ1v) is 9.37. The summed E-state index contributed by atoms with van der Waals surface area (Å²) in [6.07, 6.45) is 3.49. The van der Waals surface area contributed by atoms with E-state index in [1.54, 1.807) is 4.52 Å². The molecule has 4 bridgehead atoms. The van der Waals surface area contributed by atoms with Crippen LogP contribution < -0.4 is 10.1 Å². The molecule has 0 aliphatic carbocycles. The van der Waals surface area contributed by atoms with Crippen molar-refractivity contribution in [2.45, 2.75) is 25.6 Å². The molecule has 27 heavy (non-hydrogen) atoms. The summed E-state index contributed by atoms with van der Waals surface area (Å²) >= 11 is 0. The minimum atomic E-state index is -0.787. The highest BCUT2D eigenvalue weighted by Gasteiger charge is 2.32. The quantitative estimate of drug-likeness (QED) is 0.662. The van der Waals surface area contributed by atoms with Gasteiger partial charge in [-0.3, -0.25) is 4.90 Å². The highest BCUT2D eigenvalue weighted by molar-refractivity contribution is 5.80. The lowest BCUT2D eigenvalue weighted by Gasteiger charge is -2.24. The molecule has 140 valence electrons. The van der Waals surface area contributed by atoms with Gasteiger partial charge in [-0.05, 0) is 42.7 Å². The third-order valence-corrected chi connectivity index (χ3v) is 5.49. The number of anilines is 1. The fraction of sp³-hybridized carbons (Fsp3) is 0.400. The van der Waals surface area contributed by atoms with Crippen LogP contribution in [-0.2, 0) is 0 Å². The van der Waals surface area contributed by atoms with Crippen LogP contribution in [0.3, 0.4) is 0 Å². The lowest BCUT2D eigenvalue weighted by atomic mass is 10.0. The fourth-order valence-electron chi connectivity index (χ4n) is 4.03. The van der Waals surface area contributed by atoms with Gasteiger partial charge >= 0.3 is 0 Å². The van der Waals surface area contributed by atoms with Crippen molar-refractivity contribution in [3.8, 4) is 16.9 Å². The van der Waals surface area contributed by atoms with Gasteiger partial charge in [-0.2, -0.15) is 5.10 Å². The number of benzene rings is 1. The van der Waals surface area contributed by atoms with Gasteiger partial charge in [-0.1, -0.05) is 6.07 Å². The molecule has 0 radical (unpaired) electrons. The predicted octanol–water partition coefficient (Wildman–Crippen LogP) is 2.92. The molecule has 2 aliphatic rings. The standard InChI is InChI=1S/C20H22FN5O/c1-13-2-3-16-9-17(13)18-10-23-26-6-4-19(24-20(18)26)22-5-7-25-11-14(21)8-15(25)12-27-16/h2-4,6,9-10,14-15H,5,7-8,11-12H2,1H3,(H,22,24)/t14-,15-/m0/s1. The van der Waals surface area contributed by atoms with E-state index in [0.29, 0.717) is 26.1 Å². The van der Waals surface area contributed by atoms with Crippen molar-refractivity contribution in [1.29, 1.82) is 0 Å². The summed E-state index contributed by atoms with van der Waals surface area (Å²) in [5, 5.41) is 7.80. The minimum absolute atomic E-state index is 0.0941. The molecule has 1 fully saturated rings. The third kappa shape index (κ3) is 3.02. The van der Waals surface area contributed by atoms with Crippen molar-refractivity contribution < 1.29 is 9.13 Å². The molecule has 0 unspecified atom stereocenters. The maximum atomic E-state index is 14.0. The second kappa shape index (κ2) is 6.49. The van der Waals surface area contributed by atoms with Gasteiger partial charge in [0.05, 0.1) is 6.20 Å². The van der Waals surface area contributed by atoms with E-state index in [2.05, 4.69) is 22.2 Å². The number of nitrogens with zero attached hydrogens (tertiary/aromatic N) is 4. The van der Waals surface area contributed by atoms with Gasteiger partial charge < -0.3 is 10.1 Å². The number of hydrogen-bond acceptors (Lipinski definition) is 5. The number of ether oxygens (including phenoxy) is 1. The Bertz CT molecular complexity index is 988. The lowest BCUT2D eigenvalue weighted by molar-refractivity contribution is 0.176. The average molecular weight is 367 g/mol. The number of nitrogens with one attached hydrogen (secondary N) is 1. The van der Waals surface area contributed by atoms with E-state index < -0.39 is 6.17 Å². The second-order valence-corrected chi connectivity index (χ2v) is 7.34. The number of hydrogen-bond donors (Lipinski definition) is 1. The first-order valence-electron chi connectivity index (χ1n) is 9.37. The zero-order valence-corrected chi connectivity index (χ0v) is 15.2. The van der Waals surface area contributed by atoms with E-state index in [9.17, 15) is 4.39 Å². The summed E-state index contributed by atoms with van der Waals surface area (Å²) in [6.45, 7) is 4.50. The third-order valence-electron chi connectivity index (χ3n) is 5.49. The van der Waals surface area contributed by atoms with Gasteiger partial charge in [0.2, 0.25) is 0 Å². The number of halogens is 1. The Hall–Kier alpha value is -2.67. The van der Waals surface area contributed by atoms with Gasteiger partial charge in [0.1, 0.15) is 24.3 Å². The Morgan fingerprint density at radius 1 is 1.26 bits per heavy atom. The number of rotatable bonds is 0. The van der Waals surface area contributed by atoms with E-state index in [-0.39, 0.29) is 6.04 Å². The molecule has 0 spiro atoms. The summed E-state index contributed by atoms with van der Waals surface area (Å²) in [5.41, 5.74) is 3.97. The molecule has 4 heterocycles. The SMILES string of the molecule is Cc1ccc2cc1-c1cnn3ccc(nc13)NCCN1C[C@@H](F)C[C@H]1CO2. The molecule has 1 N–H and O–H groups in total. The Labute approximate surface area is 157 Å². The van der Waals surface area contributed by atoms with Crippen molar-refractivity contribution >= 4 is 11.5 Å². The largest absolute Gasteiger partial charge is 0.492 e. The van der Waals surface area contributed by atoms with E-state index in [1.807, 2.05) is 36.7 Å². The number of aryl methyl sites for hydroxylation is 1. The molecule has 2 aromatic heterocycles. The second-order valence-electron chi connectivity index (χ2n) is 7.34. The van der Waals surface area contributed by atoms with Crippen LogP contribution in [0.1, 0.15) is 12.0 Å². The molecular weight excluding hydrogens is 345 g/mol. The molecule has 0 saturated carbocycles. The summed E-state index contributed by atoms with van der Waals surface area (Å²) in [5.74, 6) is 1.60. The van der Waals surface area contributed by atoms with Gasteiger partial charge in [0.15, 0.2) is 5.65 Å². The van der Waals surface area contributed by atoms with Gasteiger partial charge in [-0.25, -0.2) is 13.9 Å². The zero-order chi connectivity index (χ0) is 18.4. The number of fused-ring (bicyclic) bond motifs is 5. The molecular formula is C20H22FN5O. The molecule has 1 aromatic carbocycles. The Balaban J connectivity index is 1.59. The van der Waals surface area contributed by atoms with Gasteiger partial charge in [0, 0.05) is 37.4 Å². The number of alkyl halides is 1. The monoisotopic (exact) mass is 367 g/mol. The maximum absolute atomic E-state index is 14.0. The van der Waals surface area contributed by atoms with Crippen LogP contribution in [0, 0.1) is 6.92 Å². The topological polar surface area (TPSA) is 54.7 Å². The molecule has 5 rings (SSSR count). The van der Waals surface area contributed by atoms with Gasteiger partial charge in [-0.15, -0.1) is 0 Å². The van der Waals surface area contributed by atoms with E-state index in [0.717, 1.165) is 40.4 Å². The van der Waals surface area contributed by atoms with Crippen molar-refractivity contribution in [2.24, 2.45) is 0 Å². The Morgan fingerprint density at radius 3 is 3.11 bits per heavy atom. The molecule has 6 nitrogen and oxygen atoms in total. The minimum Gasteiger partial charge on any atom is -0.492 e. The maximum Gasteiger partial charge on any atom is 0.165 e. The lowest BCUT2D eigenvalue weighted by Crippen LogP contribution is -2.37. The number of aromatic nitrogens is 3. The Morgan fingerprint density at radius 2 is 2.19 bits per heavy atom. The van der Waals surface area contributed by atoms with Crippen molar-refractivity contribution in [3.63, 3.8) is 0 Å². The highest BCUT2D eigenvalue weighted by atomic mass is 19.1. The molecule has 1 saturated heterocycles. The van der Waals surface area contributed by atoms with Crippen LogP contribution in [-0.4, -0.2) is 58.0 Å². The normalized spacial score (nSPS) is 22.9. The zero-order valence-electron chi connectivity index (χ0n) is 15.2. The summed E-state index contributed by atoms with van der Waals surface area (Å²) in [4.78, 5) is 6.92. The van der Waals surface area contributed by atoms with Crippen LogP contribution in [0.4, 0.5) is 10.2 Å². The Kier molecular flexibility index (Phi) is 3.97. The van der Waals surface area contributed by atoms with Crippen molar-refractivity contribution in [2.75, 3.05) is 31.6 Å². The fourth-order valence-corrected chi connectivity index (χ4v) is 4.03. The predicted molar refractivity (Wildman–Crippen MR) is 102 cm³/mol. The van der Waals surface area contributed by atoms with Crippen molar-refractivity contribution in [3.05, 3.63) is 42.2 Å². The average Bonchev–Trinajstić information content (AvgIpc) is 3.23. The summed E-state index contributed by atoms with van der Waals surface area (Å²) < 4.78 is 21.8. The molecule has 3 aromatic rings. The first-order chi connectivity index (χ1) is 13.2. The first kappa shape index (κ1) is 16.5. The molecule has 2 aliphatic heterocycles. The van der Waals surface area contributed by atoms with Crippen LogP contribution >= 0.6 is 0 Å².